The predicted molar refractivity (Wildman–Crippen MR) is 123 cm³/mol. The zero-order chi connectivity index (χ0) is 22.1. The van der Waals surface area contributed by atoms with E-state index in [4.69, 9.17) is 0 Å². The Bertz CT molecular complexity index is 930. The molecule has 0 amide bonds. The third-order valence-electron chi connectivity index (χ3n) is 10.3. The molecule has 1 aromatic heterocycles. The Labute approximate surface area is 187 Å². The van der Waals surface area contributed by atoms with Gasteiger partial charge in [-0.3, -0.25) is 9.48 Å². The fraction of sp³-hybridized carbons (Fsp3) is 0.778. The van der Waals surface area contributed by atoms with Crippen LogP contribution in [0.5, 0.6) is 0 Å². The molecule has 170 valence electrons. The van der Waals surface area contributed by atoms with E-state index in [-0.39, 0.29) is 11.5 Å². The topological polar surface area (TPSA) is 55.1 Å². The fourth-order valence-corrected chi connectivity index (χ4v) is 8.44. The lowest BCUT2D eigenvalue weighted by Crippen LogP contribution is -2.54. The van der Waals surface area contributed by atoms with Crippen molar-refractivity contribution in [2.75, 3.05) is 0 Å². The van der Waals surface area contributed by atoms with E-state index in [1.54, 1.807) is 0 Å². The molecule has 0 saturated heterocycles. The maximum atomic E-state index is 13.7. The highest BCUT2D eigenvalue weighted by Gasteiger charge is 2.61. The van der Waals surface area contributed by atoms with Crippen LogP contribution in [-0.2, 0) is 11.3 Å². The van der Waals surface area contributed by atoms with Crippen LogP contribution in [0.2, 0.25) is 0 Å². The first kappa shape index (κ1) is 21.4. The summed E-state index contributed by atoms with van der Waals surface area (Å²) in [6, 6.07) is 0. The van der Waals surface area contributed by atoms with Crippen LogP contribution in [0.15, 0.2) is 5.57 Å². The second-order valence-electron chi connectivity index (χ2n) is 11.6. The summed E-state index contributed by atoms with van der Waals surface area (Å²) in [5, 5.41) is 14.9. The SMILES string of the molecule is CCn1nc(C)c(/C=C2/C[C@H]3[C@@H]4CC[C@H]5C[C@H](O)CC[C@]5(C)[C@H]4CC[C@]3(C)C2=O)c1C. The minimum Gasteiger partial charge on any atom is -0.393 e. The largest absolute Gasteiger partial charge is 0.393 e. The van der Waals surface area contributed by atoms with Gasteiger partial charge in [-0.25, -0.2) is 0 Å². The van der Waals surface area contributed by atoms with Crippen LogP contribution in [0.1, 0.15) is 89.1 Å². The van der Waals surface area contributed by atoms with Gasteiger partial charge in [0.25, 0.3) is 0 Å². The lowest BCUT2D eigenvalue weighted by molar-refractivity contribution is -0.141. The number of carbonyl (C=O) groups excluding carboxylic acids is 1. The van der Waals surface area contributed by atoms with Gasteiger partial charge in [0.2, 0.25) is 0 Å². The molecule has 4 heteroatoms. The summed E-state index contributed by atoms with van der Waals surface area (Å²) in [5.41, 5.74) is 4.57. The van der Waals surface area contributed by atoms with Crippen LogP contribution < -0.4 is 0 Å². The normalized spacial score (nSPS) is 43.6. The molecule has 31 heavy (non-hydrogen) atoms. The minimum absolute atomic E-state index is 0.0957. The molecule has 7 atom stereocenters. The quantitative estimate of drug-likeness (QED) is 0.639. The number of rotatable bonds is 2. The van der Waals surface area contributed by atoms with Gasteiger partial charge < -0.3 is 5.11 Å². The third-order valence-corrected chi connectivity index (χ3v) is 10.3. The van der Waals surface area contributed by atoms with E-state index in [0.29, 0.717) is 29.0 Å². The maximum Gasteiger partial charge on any atom is 0.165 e. The zero-order valence-electron chi connectivity index (χ0n) is 20.1. The molecule has 0 aromatic carbocycles. The highest BCUT2D eigenvalue weighted by Crippen LogP contribution is 2.66. The number of ketones is 1. The van der Waals surface area contributed by atoms with E-state index >= 15 is 0 Å². The van der Waals surface area contributed by atoms with E-state index < -0.39 is 0 Å². The standard InChI is InChI=1S/C27H40N2O2/c1-6-29-17(3)22(16(2)28-29)13-18-14-24-21-8-7-19-15-20(30)9-11-26(19,4)23(21)10-12-27(24,5)25(18)31/h13,19-21,23-24,30H,6-12,14-15H2,1-5H3/b18-13-/t19-,20+,21+,23-,24-,26-,27-/m0/s1. The van der Waals surface area contributed by atoms with Crippen LogP contribution in [0, 0.1) is 48.3 Å². The van der Waals surface area contributed by atoms with Crippen molar-refractivity contribution in [1.29, 1.82) is 0 Å². The molecule has 0 aliphatic heterocycles. The molecule has 1 heterocycles. The number of fused-ring (bicyclic) bond motifs is 5. The van der Waals surface area contributed by atoms with Gasteiger partial charge in [0, 0.05) is 23.2 Å². The summed E-state index contributed by atoms with van der Waals surface area (Å²) in [5.74, 6) is 2.93. The molecule has 0 spiro atoms. The maximum absolute atomic E-state index is 13.7. The molecule has 0 unspecified atom stereocenters. The summed E-state index contributed by atoms with van der Waals surface area (Å²) < 4.78 is 2.05. The molecule has 1 aromatic rings. The van der Waals surface area contributed by atoms with Gasteiger partial charge in [-0.2, -0.15) is 5.10 Å². The molecule has 1 N–H and O–H groups in total. The van der Waals surface area contributed by atoms with Crippen LogP contribution in [0.25, 0.3) is 6.08 Å². The first-order chi connectivity index (χ1) is 14.7. The van der Waals surface area contributed by atoms with Gasteiger partial charge in [-0.15, -0.1) is 0 Å². The number of aliphatic hydroxyl groups excluding tert-OH is 1. The van der Waals surface area contributed by atoms with Crippen molar-refractivity contribution in [2.24, 2.45) is 34.5 Å². The Hall–Kier alpha value is -1.42. The average molecular weight is 425 g/mol. The van der Waals surface area contributed by atoms with E-state index in [9.17, 15) is 9.90 Å². The first-order valence-electron chi connectivity index (χ1n) is 12.7. The van der Waals surface area contributed by atoms with E-state index in [2.05, 4.69) is 45.8 Å². The number of hydrogen-bond donors (Lipinski definition) is 1. The van der Waals surface area contributed by atoms with Crippen molar-refractivity contribution < 1.29 is 9.90 Å². The van der Waals surface area contributed by atoms with Crippen molar-refractivity contribution in [2.45, 2.75) is 98.6 Å². The van der Waals surface area contributed by atoms with Gasteiger partial charge >= 0.3 is 0 Å². The number of allylic oxidation sites excluding steroid dienone is 1. The number of nitrogens with zero attached hydrogens (tertiary/aromatic N) is 2. The second-order valence-corrected chi connectivity index (χ2v) is 11.6. The lowest BCUT2D eigenvalue weighted by Gasteiger charge is -2.59. The Morgan fingerprint density at radius 3 is 2.61 bits per heavy atom. The van der Waals surface area contributed by atoms with E-state index in [1.165, 1.54) is 25.0 Å². The van der Waals surface area contributed by atoms with Crippen LogP contribution in [0.4, 0.5) is 0 Å². The third kappa shape index (κ3) is 3.03. The van der Waals surface area contributed by atoms with Gasteiger partial charge in [0.15, 0.2) is 5.78 Å². The zero-order valence-corrected chi connectivity index (χ0v) is 20.1. The van der Waals surface area contributed by atoms with Crippen molar-refractivity contribution in [1.82, 2.24) is 9.78 Å². The Kier molecular flexibility index (Phi) is 5.04. The molecule has 4 fully saturated rings. The van der Waals surface area contributed by atoms with Crippen molar-refractivity contribution in [3.63, 3.8) is 0 Å². The minimum atomic E-state index is -0.188. The Morgan fingerprint density at radius 2 is 1.90 bits per heavy atom. The monoisotopic (exact) mass is 424 g/mol. The number of aryl methyl sites for hydroxylation is 2. The van der Waals surface area contributed by atoms with E-state index in [1.807, 2.05) is 4.68 Å². The molecule has 4 nitrogen and oxygen atoms in total. The number of carbonyl (C=O) groups is 1. The number of aromatic nitrogens is 2. The van der Waals surface area contributed by atoms with Crippen LogP contribution >= 0.6 is 0 Å². The molecular formula is C27H40N2O2. The molecule has 4 saturated carbocycles. The number of aliphatic hydroxyl groups is 1. The molecule has 0 bridgehead atoms. The fourth-order valence-electron chi connectivity index (χ4n) is 8.44. The summed E-state index contributed by atoms with van der Waals surface area (Å²) in [4.78, 5) is 13.7. The highest BCUT2D eigenvalue weighted by atomic mass is 16.3. The molecule has 4 aliphatic carbocycles. The van der Waals surface area contributed by atoms with Crippen LogP contribution in [-0.4, -0.2) is 26.8 Å². The molecule has 0 radical (unpaired) electrons. The van der Waals surface area contributed by atoms with Crippen molar-refractivity contribution in [3.05, 3.63) is 22.5 Å². The Balaban J connectivity index is 1.46. The molecular weight excluding hydrogens is 384 g/mol. The average Bonchev–Trinajstić information content (AvgIpc) is 3.16. The molecule has 4 aliphatic rings. The number of Topliss-reactive ketones (excluding diaryl/α,β-unsaturated/α-hetero) is 1. The smallest absolute Gasteiger partial charge is 0.165 e. The van der Waals surface area contributed by atoms with Gasteiger partial charge in [0.1, 0.15) is 0 Å². The highest BCUT2D eigenvalue weighted by molar-refractivity contribution is 6.06. The van der Waals surface area contributed by atoms with Gasteiger partial charge in [-0.05, 0) is 113 Å². The van der Waals surface area contributed by atoms with Gasteiger partial charge in [-0.1, -0.05) is 13.8 Å². The summed E-state index contributed by atoms with van der Waals surface area (Å²) in [6.45, 7) is 12.0. The Morgan fingerprint density at radius 1 is 1.13 bits per heavy atom. The number of hydrogen-bond acceptors (Lipinski definition) is 3. The predicted octanol–water partition coefficient (Wildman–Crippen LogP) is 5.49. The summed E-state index contributed by atoms with van der Waals surface area (Å²) >= 11 is 0. The lowest BCUT2D eigenvalue weighted by atomic mass is 9.45. The summed E-state index contributed by atoms with van der Waals surface area (Å²) in [7, 11) is 0. The van der Waals surface area contributed by atoms with Crippen LogP contribution in [0.3, 0.4) is 0 Å². The second kappa shape index (κ2) is 7.30. The van der Waals surface area contributed by atoms with Crippen molar-refractivity contribution >= 4 is 11.9 Å². The van der Waals surface area contributed by atoms with Crippen molar-refractivity contribution in [3.8, 4) is 0 Å². The first-order valence-corrected chi connectivity index (χ1v) is 12.7. The summed E-state index contributed by atoms with van der Waals surface area (Å²) in [6.07, 6.45) is 10.8. The van der Waals surface area contributed by atoms with E-state index in [0.717, 1.165) is 61.4 Å². The van der Waals surface area contributed by atoms with Gasteiger partial charge in [0.05, 0.1) is 11.8 Å². The molecule has 5 rings (SSSR count).